The lowest BCUT2D eigenvalue weighted by atomic mass is 10.1. The predicted octanol–water partition coefficient (Wildman–Crippen LogP) is 2.40. The van der Waals surface area contributed by atoms with Crippen molar-refractivity contribution in [2.24, 2.45) is 0 Å². The Morgan fingerprint density at radius 1 is 1.24 bits per heavy atom. The summed E-state index contributed by atoms with van der Waals surface area (Å²) in [5, 5.41) is 8.80. The number of hydrogen-bond donors (Lipinski definition) is 1. The van der Waals surface area contributed by atoms with E-state index in [0.717, 1.165) is 17.7 Å². The molecule has 0 unspecified atom stereocenters. The lowest BCUT2D eigenvalue weighted by molar-refractivity contribution is 0.0697. The van der Waals surface area contributed by atoms with Gasteiger partial charge in [0, 0.05) is 17.5 Å². The van der Waals surface area contributed by atoms with Gasteiger partial charge >= 0.3 is 5.97 Å². The normalized spacial score (nSPS) is 10.2. The first-order valence-electron chi connectivity index (χ1n) is 5.36. The van der Waals surface area contributed by atoms with Gasteiger partial charge in [0.05, 0.1) is 5.56 Å². The highest BCUT2D eigenvalue weighted by Crippen LogP contribution is 2.15. The van der Waals surface area contributed by atoms with Crippen LogP contribution in [0.2, 0.25) is 0 Å². The second kappa shape index (κ2) is 4.74. The van der Waals surface area contributed by atoms with Crippen molar-refractivity contribution in [1.82, 2.24) is 9.97 Å². The van der Waals surface area contributed by atoms with Crippen molar-refractivity contribution in [2.75, 3.05) is 0 Å². The molecular formula is C13H12N2O2. The van der Waals surface area contributed by atoms with Gasteiger partial charge in [-0.2, -0.15) is 0 Å². The van der Waals surface area contributed by atoms with E-state index in [1.54, 1.807) is 30.5 Å². The Kier molecular flexibility index (Phi) is 3.14. The number of hydrogen-bond acceptors (Lipinski definition) is 3. The number of carboxylic acids is 1. The SMILES string of the molecule is CCc1ccnc(-c2ccc(C(=O)O)cc2)n1. The van der Waals surface area contributed by atoms with Crippen molar-refractivity contribution in [2.45, 2.75) is 13.3 Å². The average molecular weight is 228 g/mol. The molecule has 1 N–H and O–H groups in total. The lowest BCUT2D eigenvalue weighted by Gasteiger charge is -2.02. The number of benzene rings is 1. The largest absolute Gasteiger partial charge is 0.478 e. The fraction of sp³-hybridized carbons (Fsp3) is 0.154. The van der Waals surface area contributed by atoms with Crippen molar-refractivity contribution in [1.29, 1.82) is 0 Å². The molecule has 0 bridgehead atoms. The smallest absolute Gasteiger partial charge is 0.335 e. The third-order valence-electron chi connectivity index (χ3n) is 2.47. The van der Waals surface area contributed by atoms with Crippen LogP contribution in [0.5, 0.6) is 0 Å². The first-order valence-corrected chi connectivity index (χ1v) is 5.36. The van der Waals surface area contributed by atoms with Crippen LogP contribution in [0.25, 0.3) is 11.4 Å². The van der Waals surface area contributed by atoms with Gasteiger partial charge in [-0.05, 0) is 24.6 Å². The maximum Gasteiger partial charge on any atom is 0.335 e. The summed E-state index contributed by atoms with van der Waals surface area (Å²) in [6.07, 6.45) is 2.56. The number of aryl methyl sites for hydroxylation is 1. The van der Waals surface area contributed by atoms with E-state index < -0.39 is 5.97 Å². The third kappa shape index (κ3) is 2.47. The van der Waals surface area contributed by atoms with E-state index in [1.165, 1.54) is 0 Å². The van der Waals surface area contributed by atoms with Gasteiger partial charge in [0.2, 0.25) is 0 Å². The quantitative estimate of drug-likeness (QED) is 0.876. The monoisotopic (exact) mass is 228 g/mol. The molecular weight excluding hydrogens is 216 g/mol. The molecule has 0 saturated carbocycles. The van der Waals surface area contributed by atoms with Crippen LogP contribution < -0.4 is 0 Å². The Morgan fingerprint density at radius 3 is 2.53 bits per heavy atom. The Morgan fingerprint density at radius 2 is 1.94 bits per heavy atom. The first kappa shape index (κ1) is 11.3. The summed E-state index contributed by atoms with van der Waals surface area (Å²) in [7, 11) is 0. The molecule has 0 radical (unpaired) electrons. The van der Waals surface area contributed by atoms with Gasteiger partial charge < -0.3 is 5.11 Å². The van der Waals surface area contributed by atoms with E-state index in [-0.39, 0.29) is 5.56 Å². The van der Waals surface area contributed by atoms with Crippen LogP contribution in [0.15, 0.2) is 36.5 Å². The van der Waals surface area contributed by atoms with Crippen LogP contribution in [0.4, 0.5) is 0 Å². The minimum absolute atomic E-state index is 0.264. The van der Waals surface area contributed by atoms with E-state index in [9.17, 15) is 4.79 Å². The van der Waals surface area contributed by atoms with Gasteiger partial charge in [0.15, 0.2) is 5.82 Å². The lowest BCUT2D eigenvalue weighted by Crippen LogP contribution is -1.97. The zero-order chi connectivity index (χ0) is 12.3. The molecule has 0 aliphatic heterocycles. The van der Waals surface area contributed by atoms with Crippen LogP contribution in [-0.2, 0) is 6.42 Å². The molecule has 17 heavy (non-hydrogen) atoms. The van der Waals surface area contributed by atoms with Crippen LogP contribution in [0.1, 0.15) is 23.0 Å². The van der Waals surface area contributed by atoms with Gasteiger partial charge in [-0.25, -0.2) is 14.8 Å². The highest BCUT2D eigenvalue weighted by atomic mass is 16.4. The number of nitrogens with zero attached hydrogens (tertiary/aromatic N) is 2. The van der Waals surface area contributed by atoms with Crippen molar-refractivity contribution in [3.8, 4) is 11.4 Å². The first-order chi connectivity index (χ1) is 8.20. The van der Waals surface area contributed by atoms with Crippen LogP contribution in [-0.4, -0.2) is 21.0 Å². The average Bonchev–Trinajstić information content (AvgIpc) is 2.39. The van der Waals surface area contributed by atoms with Crippen molar-refractivity contribution in [3.63, 3.8) is 0 Å². The van der Waals surface area contributed by atoms with Crippen LogP contribution in [0, 0.1) is 0 Å². The molecule has 0 aliphatic carbocycles. The van der Waals surface area contributed by atoms with Crippen LogP contribution in [0.3, 0.4) is 0 Å². The molecule has 4 nitrogen and oxygen atoms in total. The van der Waals surface area contributed by atoms with Gasteiger partial charge in [0.1, 0.15) is 0 Å². The molecule has 0 atom stereocenters. The summed E-state index contributed by atoms with van der Waals surface area (Å²) in [5.74, 6) is -0.305. The van der Waals surface area contributed by atoms with E-state index in [2.05, 4.69) is 9.97 Å². The Labute approximate surface area is 99.0 Å². The Hall–Kier alpha value is -2.23. The summed E-state index contributed by atoms with van der Waals surface area (Å²) in [4.78, 5) is 19.3. The molecule has 4 heteroatoms. The van der Waals surface area contributed by atoms with Gasteiger partial charge in [-0.3, -0.25) is 0 Å². The molecule has 86 valence electrons. The molecule has 0 aliphatic rings. The van der Waals surface area contributed by atoms with E-state index >= 15 is 0 Å². The number of carbonyl (C=O) groups is 1. The zero-order valence-electron chi connectivity index (χ0n) is 9.42. The summed E-state index contributed by atoms with van der Waals surface area (Å²) in [6, 6.07) is 8.42. The molecule has 1 aromatic heterocycles. The maximum absolute atomic E-state index is 10.7. The van der Waals surface area contributed by atoms with E-state index in [0.29, 0.717) is 5.82 Å². The topological polar surface area (TPSA) is 63.1 Å². The van der Waals surface area contributed by atoms with Gasteiger partial charge in [-0.1, -0.05) is 19.1 Å². The molecule has 0 fully saturated rings. The summed E-state index contributed by atoms with van der Waals surface area (Å²) >= 11 is 0. The summed E-state index contributed by atoms with van der Waals surface area (Å²) < 4.78 is 0. The highest BCUT2D eigenvalue weighted by Gasteiger charge is 2.05. The fourth-order valence-corrected chi connectivity index (χ4v) is 1.49. The standard InChI is InChI=1S/C13H12N2O2/c1-2-11-7-8-14-12(15-11)9-3-5-10(6-4-9)13(16)17/h3-8H,2H2,1H3,(H,16,17). The van der Waals surface area contributed by atoms with Gasteiger partial charge in [-0.15, -0.1) is 0 Å². The Bertz CT molecular complexity index is 535. The predicted molar refractivity (Wildman–Crippen MR) is 63.8 cm³/mol. The summed E-state index contributed by atoms with van der Waals surface area (Å²) in [6.45, 7) is 2.03. The minimum atomic E-state index is -0.931. The maximum atomic E-state index is 10.7. The number of aromatic nitrogens is 2. The highest BCUT2D eigenvalue weighted by molar-refractivity contribution is 5.88. The minimum Gasteiger partial charge on any atom is -0.478 e. The molecule has 1 aromatic carbocycles. The number of carboxylic acid groups (broad SMARTS) is 1. The molecule has 1 heterocycles. The molecule has 2 aromatic rings. The molecule has 0 amide bonds. The van der Waals surface area contributed by atoms with E-state index in [4.69, 9.17) is 5.11 Å². The van der Waals surface area contributed by atoms with Crippen molar-refractivity contribution < 1.29 is 9.90 Å². The van der Waals surface area contributed by atoms with Gasteiger partial charge in [0.25, 0.3) is 0 Å². The number of rotatable bonds is 3. The molecule has 2 rings (SSSR count). The van der Waals surface area contributed by atoms with Crippen molar-refractivity contribution in [3.05, 3.63) is 47.8 Å². The van der Waals surface area contributed by atoms with Crippen molar-refractivity contribution >= 4 is 5.97 Å². The second-order valence-corrected chi connectivity index (χ2v) is 3.61. The number of aromatic carboxylic acids is 1. The zero-order valence-corrected chi connectivity index (χ0v) is 9.42. The fourth-order valence-electron chi connectivity index (χ4n) is 1.49. The van der Waals surface area contributed by atoms with E-state index in [1.807, 2.05) is 13.0 Å². The second-order valence-electron chi connectivity index (χ2n) is 3.61. The third-order valence-corrected chi connectivity index (χ3v) is 2.47. The van der Waals surface area contributed by atoms with Crippen LogP contribution >= 0.6 is 0 Å². The Balaban J connectivity index is 2.36. The molecule has 0 saturated heterocycles. The molecule has 0 spiro atoms. The summed E-state index contributed by atoms with van der Waals surface area (Å²) in [5.41, 5.74) is 2.06.